The van der Waals surface area contributed by atoms with Crippen LogP contribution in [0.2, 0.25) is 0 Å². The molecule has 6 nitrogen and oxygen atoms in total. The fourth-order valence-corrected chi connectivity index (χ4v) is 2.47. The van der Waals surface area contributed by atoms with Gasteiger partial charge >= 0.3 is 0 Å². The van der Waals surface area contributed by atoms with E-state index in [0.29, 0.717) is 23.6 Å². The molecule has 3 aromatic rings. The Morgan fingerprint density at radius 2 is 1.85 bits per heavy atom. The second kappa shape index (κ2) is 8.11. The molecule has 0 bridgehead atoms. The highest BCUT2D eigenvalue weighted by Crippen LogP contribution is 2.15. The van der Waals surface area contributed by atoms with Crippen molar-refractivity contribution in [1.29, 1.82) is 0 Å². The Hall–Kier alpha value is -3.41. The van der Waals surface area contributed by atoms with Gasteiger partial charge in [0.1, 0.15) is 5.76 Å². The summed E-state index contributed by atoms with van der Waals surface area (Å²) in [6.45, 7) is 2.01. The van der Waals surface area contributed by atoms with Gasteiger partial charge in [0.25, 0.3) is 5.91 Å². The van der Waals surface area contributed by atoms with Crippen LogP contribution in [0.3, 0.4) is 0 Å². The highest BCUT2D eigenvalue weighted by Gasteiger charge is 2.08. The SMILES string of the molecule is CC(CC(=O)NCc1ccco1)=NNC(=O)c1ccc2ccccc2c1. The molecule has 0 unspecified atom stereocenters. The second-order valence-electron chi connectivity index (χ2n) is 5.88. The average Bonchev–Trinajstić information content (AvgIpc) is 3.17. The first-order valence-electron chi connectivity index (χ1n) is 8.23. The van der Waals surface area contributed by atoms with Crippen molar-refractivity contribution in [2.24, 2.45) is 5.10 Å². The van der Waals surface area contributed by atoms with Crippen molar-refractivity contribution in [2.75, 3.05) is 0 Å². The van der Waals surface area contributed by atoms with E-state index in [1.54, 1.807) is 31.4 Å². The molecule has 0 atom stereocenters. The summed E-state index contributed by atoms with van der Waals surface area (Å²) in [5, 5.41) is 8.78. The third-order valence-corrected chi connectivity index (χ3v) is 3.82. The zero-order valence-electron chi connectivity index (χ0n) is 14.4. The number of benzene rings is 2. The van der Waals surface area contributed by atoms with Crippen molar-refractivity contribution in [3.8, 4) is 0 Å². The van der Waals surface area contributed by atoms with Crippen LogP contribution < -0.4 is 10.7 Å². The first-order chi connectivity index (χ1) is 12.6. The smallest absolute Gasteiger partial charge is 0.271 e. The number of fused-ring (bicyclic) bond motifs is 1. The first kappa shape index (κ1) is 17.4. The lowest BCUT2D eigenvalue weighted by atomic mass is 10.1. The van der Waals surface area contributed by atoms with Crippen molar-refractivity contribution < 1.29 is 14.0 Å². The Labute approximate surface area is 150 Å². The molecule has 0 saturated carbocycles. The van der Waals surface area contributed by atoms with Gasteiger partial charge in [0.05, 0.1) is 19.2 Å². The average molecular weight is 349 g/mol. The number of rotatable bonds is 6. The predicted molar refractivity (Wildman–Crippen MR) is 99.7 cm³/mol. The van der Waals surface area contributed by atoms with Crippen molar-refractivity contribution in [1.82, 2.24) is 10.7 Å². The Morgan fingerprint density at radius 3 is 2.62 bits per heavy atom. The molecule has 0 spiro atoms. The standard InChI is InChI=1S/C20H19N3O3/c1-14(11-19(24)21-13-18-7-4-10-26-18)22-23-20(25)17-9-8-15-5-2-3-6-16(15)12-17/h2-10,12H,11,13H2,1H3,(H,21,24)(H,23,25). The molecule has 1 heterocycles. The summed E-state index contributed by atoms with van der Waals surface area (Å²) in [5.74, 6) is 0.172. The molecule has 132 valence electrons. The molecule has 0 aliphatic rings. The van der Waals surface area contributed by atoms with Crippen LogP contribution in [0.15, 0.2) is 70.4 Å². The van der Waals surface area contributed by atoms with Crippen LogP contribution in [0.1, 0.15) is 29.5 Å². The number of nitrogens with zero attached hydrogens (tertiary/aromatic N) is 1. The third kappa shape index (κ3) is 4.57. The van der Waals surface area contributed by atoms with E-state index in [4.69, 9.17) is 4.42 Å². The maximum Gasteiger partial charge on any atom is 0.271 e. The summed E-state index contributed by atoms with van der Waals surface area (Å²) < 4.78 is 5.15. The quantitative estimate of drug-likeness (QED) is 0.529. The molecule has 0 fully saturated rings. The van der Waals surface area contributed by atoms with Crippen LogP contribution >= 0.6 is 0 Å². The topological polar surface area (TPSA) is 83.7 Å². The highest BCUT2D eigenvalue weighted by molar-refractivity contribution is 6.02. The number of carbonyl (C=O) groups excluding carboxylic acids is 2. The van der Waals surface area contributed by atoms with E-state index in [2.05, 4.69) is 15.8 Å². The molecule has 2 aromatic carbocycles. The minimum atomic E-state index is -0.314. The van der Waals surface area contributed by atoms with Gasteiger partial charge in [-0.3, -0.25) is 9.59 Å². The van der Waals surface area contributed by atoms with Gasteiger partial charge in [-0.2, -0.15) is 5.10 Å². The zero-order chi connectivity index (χ0) is 18.4. The lowest BCUT2D eigenvalue weighted by Gasteiger charge is -2.05. The van der Waals surface area contributed by atoms with Gasteiger partial charge in [-0.25, -0.2) is 5.43 Å². The number of amides is 2. The van der Waals surface area contributed by atoms with Crippen LogP contribution in [-0.4, -0.2) is 17.5 Å². The predicted octanol–water partition coefficient (Wildman–Crippen LogP) is 3.25. The summed E-state index contributed by atoms with van der Waals surface area (Å²) in [7, 11) is 0. The number of hydrazone groups is 1. The van der Waals surface area contributed by atoms with E-state index >= 15 is 0 Å². The van der Waals surface area contributed by atoms with Crippen LogP contribution in [0, 0.1) is 0 Å². The highest BCUT2D eigenvalue weighted by atomic mass is 16.3. The monoisotopic (exact) mass is 349 g/mol. The summed E-state index contributed by atoms with van der Waals surface area (Å²) in [6, 6.07) is 16.8. The summed E-state index contributed by atoms with van der Waals surface area (Å²) in [5.41, 5.74) is 3.52. The molecule has 3 rings (SSSR count). The number of nitrogens with one attached hydrogen (secondary N) is 2. The molecule has 2 N–H and O–H groups in total. The van der Waals surface area contributed by atoms with Gasteiger partial charge in [0.2, 0.25) is 5.91 Å². The number of hydrogen-bond acceptors (Lipinski definition) is 4. The van der Waals surface area contributed by atoms with E-state index in [1.165, 1.54) is 0 Å². The fraction of sp³-hybridized carbons (Fsp3) is 0.150. The van der Waals surface area contributed by atoms with Gasteiger partial charge in [0.15, 0.2) is 0 Å². The molecule has 6 heteroatoms. The molecular weight excluding hydrogens is 330 g/mol. The molecule has 26 heavy (non-hydrogen) atoms. The second-order valence-corrected chi connectivity index (χ2v) is 5.88. The first-order valence-corrected chi connectivity index (χ1v) is 8.23. The van der Waals surface area contributed by atoms with Crippen LogP contribution in [0.4, 0.5) is 0 Å². The van der Waals surface area contributed by atoms with Crippen LogP contribution in [0.25, 0.3) is 10.8 Å². The summed E-state index contributed by atoms with van der Waals surface area (Å²) >= 11 is 0. The Morgan fingerprint density at radius 1 is 1.04 bits per heavy atom. The van der Waals surface area contributed by atoms with Crippen LogP contribution in [-0.2, 0) is 11.3 Å². The van der Waals surface area contributed by atoms with E-state index in [1.807, 2.05) is 36.4 Å². The Bertz CT molecular complexity index is 946. The number of hydrogen-bond donors (Lipinski definition) is 2. The third-order valence-electron chi connectivity index (χ3n) is 3.82. The largest absolute Gasteiger partial charge is 0.467 e. The lowest BCUT2D eigenvalue weighted by Crippen LogP contribution is -2.26. The van der Waals surface area contributed by atoms with E-state index in [9.17, 15) is 9.59 Å². The fourth-order valence-electron chi connectivity index (χ4n) is 2.47. The van der Waals surface area contributed by atoms with Gasteiger partial charge in [-0.05, 0) is 42.0 Å². The van der Waals surface area contributed by atoms with Gasteiger partial charge in [0, 0.05) is 11.3 Å². The Balaban J connectivity index is 1.53. The number of furan rings is 1. The molecule has 0 saturated heterocycles. The molecule has 2 amide bonds. The van der Waals surface area contributed by atoms with Crippen molar-refractivity contribution in [3.05, 3.63) is 72.2 Å². The zero-order valence-corrected chi connectivity index (χ0v) is 14.4. The Kier molecular flexibility index (Phi) is 5.43. The lowest BCUT2D eigenvalue weighted by molar-refractivity contribution is -0.120. The number of carbonyl (C=O) groups is 2. The van der Waals surface area contributed by atoms with E-state index in [0.717, 1.165) is 10.8 Å². The molecular formula is C20H19N3O3. The van der Waals surface area contributed by atoms with Gasteiger partial charge in [-0.15, -0.1) is 0 Å². The normalized spacial score (nSPS) is 11.3. The molecule has 1 aromatic heterocycles. The molecule has 0 aliphatic carbocycles. The van der Waals surface area contributed by atoms with Gasteiger partial charge < -0.3 is 9.73 Å². The van der Waals surface area contributed by atoms with Crippen molar-refractivity contribution in [2.45, 2.75) is 19.9 Å². The molecule has 0 radical (unpaired) electrons. The van der Waals surface area contributed by atoms with E-state index in [-0.39, 0.29) is 18.2 Å². The minimum absolute atomic E-state index is 0.0959. The van der Waals surface area contributed by atoms with Crippen LogP contribution in [0.5, 0.6) is 0 Å². The van der Waals surface area contributed by atoms with Gasteiger partial charge in [-0.1, -0.05) is 30.3 Å². The van der Waals surface area contributed by atoms with Crippen molar-refractivity contribution >= 4 is 28.3 Å². The summed E-state index contributed by atoms with van der Waals surface area (Å²) in [6.07, 6.45) is 1.65. The van der Waals surface area contributed by atoms with Crippen molar-refractivity contribution in [3.63, 3.8) is 0 Å². The minimum Gasteiger partial charge on any atom is -0.467 e. The maximum absolute atomic E-state index is 12.2. The molecule has 0 aliphatic heterocycles. The van der Waals surface area contributed by atoms with E-state index < -0.39 is 0 Å². The summed E-state index contributed by atoms with van der Waals surface area (Å²) in [4.78, 5) is 24.1. The maximum atomic E-state index is 12.2.